The zero-order chi connectivity index (χ0) is 19.8. The van der Waals surface area contributed by atoms with Crippen LogP contribution in [-0.4, -0.2) is 29.6 Å². The minimum atomic E-state index is -1.15. The largest absolute Gasteiger partial charge is 0.465 e. The smallest absolute Gasteiger partial charge is 0.311 e. The van der Waals surface area contributed by atoms with Gasteiger partial charge in [-0.2, -0.15) is 0 Å². The van der Waals surface area contributed by atoms with Crippen LogP contribution in [0.3, 0.4) is 0 Å². The number of aryl methyl sites for hydroxylation is 1. The van der Waals surface area contributed by atoms with E-state index in [1.54, 1.807) is 0 Å². The Hall–Kier alpha value is -1.10. The Bertz CT molecular complexity index is 561. The van der Waals surface area contributed by atoms with E-state index in [4.69, 9.17) is 21.1 Å². The molecule has 1 N–H and O–H groups in total. The van der Waals surface area contributed by atoms with E-state index in [1.165, 1.54) is 0 Å². The summed E-state index contributed by atoms with van der Waals surface area (Å²) in [6.45, 7) is 9.55. The van der Waals surface area contributed by atoms with Gasteiger partial charge in [0.05, 0.1) is 18.1 Å². The minimum Gasteiger partial charge on any atom is -0.465 e. The molecule has 0 aliphatic rings. The molecule has 1 aromatic rings. The number of hydrogen-bond donors (Lipinski definition) is 1. The molecule has 0 aliphatic carbocycles. The maximum Gasteiger partial charge on any atom is 0.311 e. The first-order valence-corrected chi connectivity index (χ1v) is 9.80. The Morgan fingerprint density at radius 1 is 1.15 bits per heavy atom. The molecule has 0 radical (unpaired) electrons. The Balaban J connectivity index is 2.69. The molecule has 5 heteroatoms. The molecular formula is C21H33ClO4. The highest BCUT2D eigenvalue weighted by atomic mass is 35.5. The zero-order valence-electron chi connectivity index (χ0n) is 16.7. The third-order valence-electron chi connectivity index (χ3n) is 4.47. The van der Waals surface area contributed by atoms with Crippen molar-refractivity contribution in [2.45, 2.75) is 78.6 Å². The van der Waals surface area contributed by atoms with Gasteiger partial charge in [0, 0.05) is 11.4 Å². The van der Waals surface area contributed by atoms with Crippen LogP contribution in [0.4, 0.5) is 0 Å². The molecule has 0 fully saturated rings. The van der Waals surface area contributed by atoms with E-state index in [9.17, 15) is 9.90 Å². The molecule has 4 nitrogen and oxygen atoms in total. The highest BCUT2D eigenvalue weighted by Gasteiger charge is 2.28. The Morgan fingerprint density at radius 3 is 2.31 bits per heavy atom. The predicted molar refractivity (Wildman–Crippen MR) is 105 cm³/mol. The molecule has 0 aliphatic heterocycles. The van der Waals surface area contributed by atoms with Gasteiger partial charge in [-0.1, -0.05) is 43.6 Å². The fourth-order valence-electron chi connectivity index (χ4n) is 2.51. The Morgan fingerprint density at radius 2 is 1.77 bits per heavy atom. The lowest BCUT2D eigenvalue weighted by molar-refractivity contribution is -0.236. The highest BCUT2D eigenvalue weighted by Crippen LogP contribution is 2.25. The van der Waals surface area contributed by atoms with Gasteiger partial charge in [-0.15, -0.1) is 0 Å². The molecule has 0 bridgehead atoms. The predicted octanol–water partition coefficient (Wildman–Crippen LogP) is 5.15. The molecule has 1 atom stereocenters. The summed E-state index contributed by atoms with van der Waals surface area (Å²) in [5.74, 6) is -1.39. The summed E-state index contributed by atoms with van der Waals surface area (Å²) in [6, 6.07) is 7.71. The van der Waals surface area contributed by atoms with E-state index in [-0.39, 0.29) is 18.7 Å². The maximum absolute atomic E-state index is 11.9. The normalized spacial score (nSPS) is 13.5. The van der Waals surface area contributed by atoms with E-state index in [1.807, 2.05) is 58.9 Å². The van der Waals surface area contributed by atoms with Gasteiger partial charge >= 0.3 is 5.97 Å². The van der Waals surface area contributed by atoms with E-state index >= 15 is 0 Å². The summed E-state index contributed by atoms with van der Waals surface area (Å²) in [6.07, 6.45) is 2.76. The van der Waals surface area contributed by atoms with Gasteiger partial charge in [0.15, 0.2) is 5.79 Å². The summed E-state index contributed by atoms with van der Waals surface area (Å²) in [5.41, 5.74) is 0.521. The van der Waals surface area contributed by atoms with Crippen molar-refractivity contribution < 1.29 is 19.4 Å². The highest BCUT2D eigenvalue weighted by molar-refractivity contribution is 6.31. The van der Waals surface area contributed by atoms with Gasteiger partial charge in [-0.05, 0) is 58.1 Å². The second-order valence-corrected chi connectivity index (χ2v) is 8.11. The average molecular weight is 385 g/mol. The number of rotatable bonds is 10. The Labute approximate surface area is 162 Å². The molecule has 0 saturated carbocycles. The van der Waals surface area contributed by atoms with E-state index in [2.05, 4.69) is 0 Å². The van der Waals surface area contributed by atoms with Gasteiger partial charge in [0.1, 0.15) is 0 Å². The molecule has 0 aromatic heterocycles. The van der Waals surface area contributed by atoms with Gasteiger partial charge in [0.2, 0.25) is 0 Å². The Kier molecular flexibility index (Phi) is 9.08. The van der Waals surface area contributed by atoms with Crippen molar-refractivity contribution in [1.29, 1.82) is 0 Å². The fraction of sp³-hybridized carbons (Fsp3) is 0.667. The average Bonchev–Trinajstić information content (AvgIpc) is 2.59. The van der Waals surface area contributed by atoms with Crippen LogP contribution < -0.4 is 0 Å². The molecular weight excluding hydrogens is 352 g/mol. The van der Waals surface area contributed by atoms with E-state index in [0.29, 0.717) is 25.7 Å². The number of ether oxygens (including phenoxy) is 2. The zero-order valence-corrected chi connectivity index (χ0v) is 17.4. The summed E-state index contributed by atoms with van der Waals surface area (Å²) in [7, 11) is 0. The first-order valence-electron chi connectivity index (χ1n) is 9.42. The summed E-state index contributed by atoms with van der Waals surface area (Å²) >= 11 is 6.23. The van der Waals surface area contributed by atoms with Crippen molar-refractivity contribution in [3.63, 3.8) is 0 Å². The summed E-state index contributed by atoms with van der Waals surface area (Å²) in [4.78, 5) is 11.9. The lowest BCUT2D eigenvalue weighted by atomic mass is 9.97. The van der Waals surface area contributed by atoms with Crippen molar-refractivity contribution in [2.75, 3.05) is 6.61 Å². The lowest BCUT2D eigenvalue weighted by Gasteiger charge is -2.31. The first kappa shape index (κ1) is 22.9. The molecule has 0 spiro atoms. The van der Waals surface area contributed by atoms with Gasteiger partial charge < -0.3 is 14.6 Å². The van der Waals surface area contributed by atoms with Gasteiger partial charge in [-0.3, -0.25) is 4.79 Å². The first-order chi connectivity index (χ1) is 12.1. The molecule has 26 heavy (non-hydrogen) atoms. The number of carbonyl (C=O) groups is 1. The molecule has 0 unspecified atom stereocenters. The van der Waals surface area contributed by atoms with E-state index < -0.39 is 11.2 Å². The van der Waals surface area contributed by atoms with Gasteiger partial charge in [-0.25, -0.2) is 0 Å². The number of halogens is 1. The maximum atomic E-state index is 11.9. The molecule has 148 valence electrons. The van der Waals surface area contributed by atoms with Gasteiger partial charge in [0.25, 0.3) is 0 Å². The molecule has 0 amide bonds. The fourth-order valence-corrected chi connectivity index (χ4v) is 2.74. The molecule has 0 saturated heterocycles. The monoisotopic (exact) mass is 384 g/mol. The van der Waals surface area contributed by atoms with Crippen LogP contribution in [0.15, 0.2) is 24.3 Å². The van der Waals surface area contributed by atoms with Crippen LogP contribution in [0.2, 0.25) is 5.02 Å². The number of benzene rings is 1. The number of aliphatic hydroxyl groups is 1. The number of carbonyl (C=O) groups excluding carboxylic acids is 1. The van der Waals surface area contributed by atoms with Crippen molar-refractivity contribution in [2.24, 2.45) is 5.41 Å². The lowest BCUT2D eigenvalue weighted by Crippen LogP contribution is -2.36. The molecule has 1 aromatic carbocycles. The quantitative estimate of drug-likeness (QED) is 0.448. The SMILES string of the molecule is CCC(O)(CC)O[C@H](CCOC(=O)C(C)(C)C)CCc1ccccc1Cl. The van der Waals surface area contributed by atoms with E-state index in [0.717, 1.165) is 17.0 Å². The van der Waals surface area contributed by atoms with Crippen LogP contribution in [0, 0.1) is 5.41 Å². The van der Waals surface area contributed by atoms with Crippen LogP contribution in [0.1, 0.15) is 65.9 Å². The molecule has 0 heterocycles. The van der Waals surface area contributed by atoms with Crippen molar-refractivity contribution >= 4 is 17.6 Å². The second kappa shape index (κ2) is 10.3. The second-order valence-electron chi connectivity index (χ2n) is 7.70. The van der Waals surface area contributed by atoms with Crippen molar-refractivity contribution in [1.82, 2.24) is 0 Å². The standard InChI is InChI=1S/C21H33ClO4/c1-6-21(24,7-2)26-17(14-15-25-19(23)20(3,4)5)13-12-16-10-8-9-11-18(16)22/h8-11,17,24H,6-7,12-15H2,1-5H3/t17-/m0/s1. The van der Waals surface area contributed by atoms with Crippen LogP contribution in [0.5, 0.6) is 0 Å². The molecule has 1 rings (SSSR count). The van der Waals surface area contributed by atoms with Crippen molar-refractivity contribution in [3.8, 4) is 0 Å². The summed E-state index contributed by atoms with van der Waals surface area (Å²) < 4.78 is 11.4. The van der Waals surface area contributed by atoms with Crippen LogP contribution >= 0.6 is 11.6 Å². The third kappa shape index (κ3) is 7.65. The van der Waals surface area contributed by atoms with Crippen LogP contribution in [-0.2, 0) is 20.7 Å². The van der Waals surface area contributed by atoms with Crippen molar-refractivity contribution in [3.05, 3.63) is 34.9 Å². The minimum absolute atomic E-state index is 0.219. The number of hydrogen-bond acceptors (Lipinski definition) is 4. The topological polar surface area (TPSA) is 55.8 Å². The summed E-state index contributed by atoms with van der Waals surface area (Å²) in [5, 5.41) is 11.3. The number of esters is 1. The van der Waals surface area contributed by atoms with Crippen LogP contribution in [0.25, 0.3) is 0 Å². The third-order valence-corrected chi connectivity index (χ3v) is 4.84.